The Bertz CT molecular complexity index is 371. The first-order valence-electron chi connectivity index (χ1n) is 4.08. The molecule has 15 heavy (non-hydrogen) atoms. The number of rotatable bonds is 4. The van der Waals surface area contributed by atoms with Crippen LogP contribution in [0.3, 0.4) is 0 Å². The summed E-state index contributed by atoms with van der Waals surface area (Å²) in [6.07, 6.45) is -2.01. The molecule has 1 N–H and O–H groups in total. The Balaban J connectivity index is 3.19. The fourth-order valence-electron chi connectivity index (χ4n) is 1.23. The smallest absolute Gasteiger partial charge is 0.309 e. The predicted molar refractivity (Wildman–Crippen MR) is 50.1 cm³/mol. The molecule has 0 unspecified atom stereocenters. The van der Waals surface area contributed by atoms with Crippen molar-refractivity contribution >= 4 is 17.6 Å². The van der Waals surface area contributed by atoms with E-state index in [1.165, 1.54) is 12.3 Å². The van der Waals surface area contributed by atoms with Crippen LogP contribution in [0.2, 0.25) is 0 Å². The van der Waals surface area contributed by atoms with Crippen molar-refractivity contribution in [2.24, 2.45) is 0 Å². The Hall–Kier alpha value is -1.23. The quantitative estimate of drug-likeness (QED) is 0.816. The van der Waals surface area contributed by atoms with Crippen LogP contribution in [0.25, 0.3) is 0 Å². The number of nitrogens with zero attached hydrogens (tertiary/aromatic N) is 1. The highest BCUT2D eigenvalue weighted by Crippen LogP contribution is 2.26. The van der Waals surface area contributed by atoms with Crippen LogP contribution in [0.4, 0.5) is 8.78 Å². The van der Waals surface area contributed by atoms with Gasteiger partial charge in [-0.3, -0.25) is 9.78 Å². The molecule has 82 valence electrons. The third-order valence-electron chi connectivity index (χ3n) is 1.84. The summed E-state index contributed by atoms with van der Waals surface area (Å²) >= 11 is 5.48. The summed E-state index contributed by atoms with van der Waals surface area (Å²) in [6.45, 7) is 0. The maximum Gasteiger partial charge on any atom is 0.309 e. The van der Waals surface area contributed by atoms with Crippen LogP contribution in [0, 0.1) is 0 Å². The Labute approximate surface area is 89.7 Å². The molecule has 6 heteroatoms. The Kier molecular flexibility index (Phi) is 3.96. The van der Waals surface area contributed by atoms with E-state index in [9.17, 15) is 13.6 Å². The number of carbonyl (C=O) groups is 1. The maximum atomic E-state index is 12.6. The van der Waals surface area contributed by atoms with Crippen LogP contribution in [-0.4, -0.2) is 16.1 Å². The SMILES string of the molecule is O=C(O)Cc1nccc(CCl)c1C(F)F. The van der Waals surface area contributed by atoms with Crippen LogP contribution in [-0.2, 0) is 17.1 Å². The molecular formula is C9H8ClF2NO2. The van der Waals surface area contributed by atoms with E-state index >= 15 is 0 Å². The van der Waals surface area contributed by atoms with Crippen molar-refractivity contribution in [2.45, 2.75) is 18.7 Å². The van der Waals surface area contributed by atoms with Crippen molar-refractivity contribution in [3.05, 3.63) is 29.1 Å². The molecule has 0 aliphatic carbocycles. The summed E-state index contributed by atoms with van der Waals surface area (Å²) in [6, 6.07) is 1.36. The molecule has 3 nitrogen and oxygen atoms in total. The molecule has 1 aromatic rings. The zero-order chi connectivity index (χ0) is 11.4. The number of aliphatic carboxylic acids is 1. The Morgan fingerprint density at radius 1 is 1.60 bits per heavy atom. The predicted octanol–water partition coefficient (Wildman–Crippen LogP) is 2.39. The third kappa shape index (κ3) is 2.86. The number of alkyl halides is 3. The second-order valence-corrected chi connectivity index (χ2v) is 3.10. The zero-order valence-corrected chi connectivity index (χ0v) is 8.34. The van der Waals surface area contributed by atoms with E-state index in [0.717, 1.165) is 0 Å². The van der Waals surface area contributed by atoms with Gasteiger partial charge in [-0.2, -0.15) is 0 Å². The Morgan fingerprint density at radius 3 is 2.73 bits per heavy atom. The second kappa shape index (κ2) is 5.02. The van der Waals surface area contributed by atoms with Gasteiger partial charge in [0.15, 0.2) is 0 Å². The van der Waals surface area contributed by atoms with Gasteiger partial charge >= 0.3 is 5.97 Å². The molecule has 0 bridgehead atoms. The van der Waals surface area contributed by atoms with Gasteiger partial charge in [-0.1, -0.05) is 0 Å². The molecule has 1 rings (SSSR count). The summed E-state index contributed by atoms with van der Waals surface area (Å²) < 4.78 is 25.3. The van der Waals surface area contributed by atoms with Crippen LogP contribution < -0.4 is 0 Å². The van der Waals surface area contributed by atoms with Gasteiger partial charge < -0.3 is 5.11 Å². The van der Waals surface area contributed by atoms with E-state index in [1.54, 1.807) is 0 Å². The molecule has 0 amide bonds. The molecule has 0 aliphatic rings. The minimum absolute atomic E-state index is 0.0885. The van der Waals surface area contributed by atoms with Crippen molar-refractivity contribution in [1.82, 2.24) is 4.98 Å². The first-order valence-corrected chi connectivity index (χ1v) is 4.62. The average molecular weight is 236 g/mol. The lowest BCUT2D eigenvalue weighted by molar-refractivity contribution is -0.136. The van der Waals surface area contributed by atoms with Gasteiger partial charge in [0.25, 0.3) is 6.43 Å². The number of carboxylic acids is 1. The van der Waals surface area contributed by atoms with Gasteiger partial charge in [0, 0.05) is 17.6 Å². The molecule has 0 saturated carbocycles. The van der Waals surface area contributed by atoms with Crippen LogP contribution in [0.5, 0.6) is 0 Å². The number of aromatic nitrogens is 1. The summed E-state index contributed by atoms with van der Waals surface area (Å²) in [5.74, 6) is -1.29. The molecule has 0 atom stereocenters. The van der Waals surface area contributed by atoms with Crippen LogP contribution in [0.1, 0.15) is 23.2 Å². The molecule has 0 saturated heterocycles. The molecule has 1 aromatic heterocycles. The summed E-state index contributed by atoms with van der Waals surface area (Å²) in [7, 11) is 0. The molecule has 0 spiro atoms. The minimum atomic E-state index is -2.76. The lowest BCUT2D eigenvalue weighted by atomic mass is 10.1. The van der Waals surface area contributed by atoms with E-state index in [-0.39, 0.29) is 22.7 Å². The second-order valence-electron chi connectivity index (χ2n) is 2.84. The van der Waals surface area contributed by atoms with E-state index < -0.39 is 18.8 Å². The highest BCUT2D eigenvalue weighted by molar-refractivity contribution is 6.17. The van der Waals surface area contributed by atoms with Gasteiger partial charge in [-0.05, 0) is 11.6 Å². The normalized spacial score (nSPS) is 10.7. The highest BCUT2D eigenvalue weighted by atomic mass is 35.5. The van der Waals surface area contributed by atoms with Gasteiger partial charge in [0.1, 0.15) is 0 Å². The zero-order valence-electron chi connectivity index (χ0n) is 7.58. The largest absolute Gasteiger partial charge is 0.481 e. The minimum Gasteiger partial charge on any atom is -0.481 e. The average Bonchev–Trinajstić information content (AvgIpc) is 2.15. The first kappa shape index (κ1) is 11.8. The standard InChI is InChI=1S/C9H8ClF2NO2/c10-4-5-1-2-13-6(3-7(14)15)8(5)9(11)12/h1-2,9H,3-4H2,(H,14,15). The molecule has 0 fully saturated rings. The van der Waals surface area contributed by atoms with Crippen molar-refractivity contribution in [3.8, 4) is 0 Å². The molecular weight excluding hydrogens is 228 g/mol. The highest BCUT2D eigenvalue weighted by Gasteiger charge is 2.19. The molecule has 0 aliphatic heterocycles. The van der Waals surface area contributed by atoms with E-state index in [0.29, 0.717) is 0 Å². The molecule has 1 heterocycles. The summed E-state index contributed by atoms with van der Waals surface area (Å²) in [5.41, 5.74) is -0.275. The third-order valence-corrected chi connectivity index (χ3v) is 2.13. The molecule has 0 aromatic carbocycles. The van der Waals surface area contributed by atoms with Gasteiger partial charge in [-0.15, -0.1) is 11.6 Å². The molecule has 0 radical (unpaired) electrons. The number of halogens is 3. The van der Waals surface area contributed by atoms with Gasteiger partial charge in [0.05, 0.1) is 12.1 Å². The van der Waals surface area contributed by atoms with Crippen LogP contribution in [0.15, 0.2) is 12.3 Å². The number of carboxylic acid groups (broad SMARTS) is 1. The van der Waals surface area contributed by atoms with E-state index in [4.69, 9.17) is 16.7 Å². The summed E-state index contributed by atoms with van der Waals surface area (Å²) in [5, 5.41) is 8.52. The maximum absolute atomic E-state index is 12.6. The number of hydrogen-bond donors (Lipinski definition) is 1. The van der Waals surface area contributed by atoms with Crippen molar-refractivity contribution in [3.63, 3.8) is 0 Å². The topological polar surface area (TPSA) is 50.2 Å². The lowest BCUT2D eigenvalue weighted by Crippen LogP contribution is -2.08. The van der Waals surface area contributed by atoms with Crippen LogP contribution >= 0.6 is 11.6 Å². The van der Waals surface area contributed by atoms with Crippen molar-refractivity contribution in [1.29, 1.82) is 0 Å². The van der Waals surface area contributed by atoms with E-state index in [1.807, 2.05) is 0 Å². The number of hydrogen-bond acceptors (Lipinski definition) is 2. The van der Waals surface area contributed by atoms with Crippen molar-refractivity contribution < 1.29 is 18.7 Å². The van der Waals surface area contributed by atoms with Gasteiger partial charge in [0.2, 0.25) is 0 Å². The fourth-order valence-corrected chi connectivity index (χ4v) is 1.46. The van der Waals surface area contributed by atoms with Crippen molar-refractivity contribution in [2.75, 3.05) is 0 Å². The lowest BCUT2D eigenvalue weighted by Gasteiger charge is -2.09. The van der Waals surface area contributed by atoms with Gasteiger partial charge in [-0.25, -0.2) is 8.78 Å². The number of pyridine rings is 1. The monoisotopic (exact) mass is 235 g/mol. The first-order chi connectivity index (χ1) is 7.06. The summed E-state index contributed by atoms with van der Waals surface area (Å²) in [4.78, 5) is 14.1. The Morgan fingerprint density at radius 2 is 2.27 bits per heavy atom. The fraction of sp³-hybridized carbons (Fsp3) is 0.333. The van der Waals surface area contributed by atoms with E-state index in [2.05, 4.69) is 4.98 Å².